The first-order valence-corrected chi connectivity index (χ1v) is 2.60. The van der Waals surface area contributed by atoms with Crippen molar-refractivity contribution in [3.8, 4) is 0 Å². The van der Waals surface area contributed by atoms with Crippen molar-refractivity contribution in [3.05, 3.63) is 11.9 Å². The number of allylic oxidation sites excluding steroid dienone is 1. The van der Waals surface area contributed by atoms with Gasteiger partial charge in [-0.3, -0.25) is 0 Å². The van der Waals surface area contributed by atoms with E-state index in [1.54, 1.807) is 13.2 Å². The average molecular weight is 115 g/mol. The molecule has 0 radical (unpaired) electrons. The lowest BCUT2D eigenvalue weighted by atomic mass is 10.4. The van der Waals surface area contributed by atoms with Gasteiger partial charge in [-0.2, -0.15) is 0 Å². The zero-order valence-corrected chi connectivity index (χ0v) is 5.39. The van der Waals surface area contributed by atoms with E-state index in [1.165, 1.54) is 5.01 Å². The van der Waals surface area contributed by atoms with Crippen molar-refractivity contribution in [2.24, 2.45) is 11.6 Å². The van der Waals surface area contributed by atoms with E-state index in [4.69, 9.17) is 11.6 Å². The molecule has 0 rings (SSSR count). The van der Waals surface area contributed by atoms with Crippen LogP contribution in [-0.2, 0) is 0 Å². The van der Waals surface area contributed by atoms with E-state index < -0.39 is 0 Å². The number of nitrogens with two attached hydrogens (primary N) is 2. The van der Waals surface area contributed by atoms with Crippen molar-refractivity contribution in [3.63, 3.8) is 0 Å². The summed E-state index contributed by atoms with van der Waals surface area (Å²) in [5.74, 6) is 5.25. The number of hydrogen-bond donors (Lipinski definition) is 2. The molecule has 0 aromatic carbocycles. The average Bonchev–Trinajstić information content (AvgIpc) is 1.65. The molecular weight excluding hydrogens is 102 g/mol. The highest BCUT2D eigenvalue weighted by Gasteiger charge is 1.82. The third-order valence-electron chi connectivity index (χ3n) is 0.778. The van der Waals surface area contributed by atoms with Gasteiger partial charge in [0.15, 0.2) is 0 Å². The Morgan fingerprint density at radius 3 is 2.38 bits per heavy atom. The van der Waals surface area contributed by atoms with E-state index >= 15 is 0 Å². The lowest BCUT2D eigenvalue weighted by Crippen LogP contribution is -2.20. The lowest BCUT2D eigenvalue weighted by Gasteiger charge is -2.04. The molecule has 0 aliphatic carbocycles. The first-order chi connectivity index (χ1) is 3.66. The molecule has 0 amide bonds. The minimum atomic E-state index is 0.801. The second-order valence-electron chi connectivity index (χ2n) is 1.72. The van der Waals surface area contributed by atoms with E-state index in [2.05, 4.69) is 0 Å². The Morgan fingerprint density at radius 2 is 2.25 bits per heavy atom. The summed E-state index contributed by atoms with van der Waals surface area (Å²) >= 11 is 0. The van der Waals surface area contributed by atoms with Gasteiger partial charge in [-0.1, -0.05) is 6.92 Å². The van der Waals surface area contributed by atoms with Crippen LogP contribution in [0.2, 0.25) is 0 Å². The normalized spacial score (nSPS) is 11.6. The smallest absolute Gasteiger partial charge is 0.0339 e. The topological polar surface area (TPSA) is 55.3 Å². The summed E-state index contributed by atoms with van der Waals surface area (Å²) in [4.78, 5) is 0. The van der Waals surface area contributed by atoms with Gasteiger partial charge in [0.25, 0.3) is 0 Å². The van der Waals surface area contributed by atoms with Crippen molar-refractivity contribution in [1.82, 2.24) is 5.01 Å². The first kappa shape index (κ1) is 7.30. The number of hydrazine groups is 1. The van der Waals surface area contributed by atoms with Gasteiger partial charge in [0.05, 0.1) is 0 Å². The number of hydrogen-bond acceptors (Lipinski definition) is 3. The Hall–Kier alpha value is -0.700. The van der Waals surface area contributed by atoms with Crippen molar-refractivity contribution < 1.29 is 0 Å². The first-order valence-electron chi connectivity index (χ1n) is 2.60. The van der Waals surface area contributed by atoms with Crippen molar-refractivity contribution in [1.29, 1.82) is 0 Å². The Labute approximate surface area is 49.9 Å². The van der Waals surface area contributed by atoms with Gasteiger partial charge < -0.3 is 10.7 Å². The SMILES string of the molecule is CC/C(N)=C/N(C)N. The summed E-state index contributed by atoms with van der Waals surface area (Å²) in [5.41, 5.74) is 6.21. The monoisotopic (exact) mass is 115 g/mol. The fourth-order valence-electron chi connectivity index (χ4n) is 0.353. The van der Waals surface area contributed by atoms with E-state index in [9.17, 15) is 0 Å². The van der Waals surface area contributed by atoms with Gasteiger partial charge in [0.2, 0.25) is 0 Å². The lowest BCUT2D eigenvalue weighted by molar-refractivity contribution is 0.478. The van der Waals surface area contributed by atoms with Crippen molar-refractivity contribution in [2.75, 3.05) is 7.05 Å². The molecule has 0 atom stereocenters. The molecule has 8 heavy (non-hydrogen) atoms. The molecule has 3 nitrogen and oxygen atoms in total. The summed E-state index contributed by atoms with van der Waals surface area (Å²) < 4.78 is 0. The zero-order chi connectivity index (χ0) is 6.57. The minimum absolute atomic E-state index is 0.801. The molecule has 0 aliphatic heterocycles. The molecular formula is C5H13N3. The summed E-state index contributed by atoms with van der Waals surface area (Å²) in [6, 6.07) is 0. The Morgan fingerprint density at radius 1 is 1.75 bits per heavy atom. The maximum Gasteiger partial charge on any atom is 0.0339 e. The second kappa shape index (κ2) is 3.32. The van der Waals surface area contributed by atoms with Gasteiger partial charge in [0, 0.05) is 18.9 Å². The van der Waals surface area contributed by atoms with Gasteiger partial charge in [-0.25, -0.2) is 5.84 Å². The van der Waals surface area contributed by atoms with Crippen LogP contribution in [-0.4, -0.2) is 12.1 Å². The predicted octanol–water partition coefficient (Wildman–Crippen LogP) is 0.00200. The minimum Gasteiger partial charge on any atom is -0.401 e. The van der Waals surface area contributed by atoms with E-state index in [0.717, 1.165) is 12.1 Å². The highest BCUT2D eigenvalue weighted by molar-refractivity contribution is 4.92. The van der Waals surface area contributed by atoms with Crippen LogP contribution in [0.5, 0.6) is 0 Å². The molecule has 4 N–H and O–H groups in total. The summed E-state index contributed by atoms with van der Waals surface area (Å²) in [7, 11) is 1.74. The summed E-state index contributed by atoms with van der Waals surface area (Å²) in [6.45, 7) is 1.98. The van der Waals surface area contributed by atoms with Gasteiger partial charge in [0.1, 0.15) is 0 Å². The third kappa shape index (κ3) is 3.49. The largest absolute Gasteiger partial charge is 0.401 e. The fraction of sp³-hybridized carbons (Fsp3) is 0.600. The van der Waals surface area contributed by atoms with E-state index in [1.807, 2.05) is 6.92 Å². The Kier molecular flexibility index (Phi) is 3.03. The van der Waals surface area contributed by atoms with Crippen LogP contribution in [0.25, 0.3) is 0 Å². The molecule has 3 heteroatoms. The zero-order valence-electron chi connectivity index (χ0n) is 5.39. The standard InChI is InChI=1S/C5H13N3/c1-3-5(6)4-8(2)7/h4H,3,6-7H2,1-2H3/b5-4-. The third-order valence-corrected chi connectivity index (χ3v) is 0.778. The van der Waals surface area contributed by atoms with Crippen LogP contribution in [0, 0.1) is 0 Å². The second-order valence-corrected chi connectivity index (χ2v) is 1.72. The molecule has 48 valence electrons. The summed E-state index contributed by atoms with van der Waals surface area (Å²) in [5, 5.41) is 1.44. The fourth-order valence-corrected chi connectivity index (χ4v) is 0.353. The maximum absolute atomic E-state index is 5.41. The van der Waals surface area contributed by atoms with Crippen LogP contribution in [0.4, 0.5) is 0 Å². The van der Waals surface area contributed by atoms with Gasteiger partial charge in [-0.15, -0.1) is 0 Å². The van der Waals surface area contributed by atoms with Crippen LogP contribution < -0.4 is 11.6 Å². The molecule has 0 aromatic heterocycles. The number of rotatable bonds is 2. The maximum atomic E-state index is 5.41. The van der Waals surface area contributed by atoms with Crippen molar-refractivity contribution in [2.45, 2.75) is 13.3 Å². The molecule has 0 saturated carbocycles. The predicted molar refractivity (Wildman–Crippen MR) is 34.5 cm³/mol. The van der Waals surface area contributed by atoms with Gasteiger partial charge >= 0.3 is 0 Å². The van der Waals surface area contributed by atoms with Crippen LogP contribution in [0.15, 0.2) is 11.9 Å². The molecule has 0 fully saturated rings. The van der Waals surface area contributed by atoms with Crippen LogP contribution in [0.1, 0.15) is 13.3 Å². The molecule has 0 heterocycles. The summed E-state index contributed by atoms with van der Waals surface area (Å²) in [6.07, 6.45) is 2.54. The molecule has 0 unspecified atom stereocenters. The van der Waals surface area contributed by atoms with Crippen LogP contribution in [0.3, 0.4) is 0 Å². The Balaban J connectivity index is 3.56. The molecule has 0 aromatic rings. The molecule has 0 bridgehead atoms. The van der Waals surface area contributed by atoms with E-state index in [0.29, 0.717) is 0 Å². The van der Waals surface area contributed by atoms with E-state index in [-0.39, 0.29) is 0 Å². The highest BCUT2D eigenvalue weighted by atomic mass is 15.4. The molecule has 0 spiro atoms. The molecule has 0 aliphatic rings. The number of nitrogens with zero attached hydrogens (tertiary/aromatic N) is 1. The quantitative estimate of drug-likeness (QED) is 0.393. The highest BCUT2D eigenvalue weighted by Crippen LogP contribution is 1.88. The molecule has 0 saturated heterocycles. The van der Waals surface area contributed by atoms with Crippen molar-refractivity contribution >= 4 is 0 Å². The van der Waals surface area contributed by atoms with Gasteiger partial charge in [-0.05, 0) is 6.42 Å². The Bertz CT molecular complexity index is 85.7. The van der Waals surface area contributed by atoms with Crippen LogP contribution >= 0.6 is 0 Å².